The molecule has 2 heterocycles. The smallest absolute Gasteiger partial charge is 0.338 e. The molecule has 8 heteroatoms. The normalized spacial score (nSPS) is 15.3. The lowest BCUT2D eigenvalue weighted by atomic mass is 9.95. The molecule has 0 saturated carbocycles. The van der Waals surface area contributed by atoms with E-state index in [4.69, 9.17) is 9.47 Å². The number of carbonyl (C=O) groups excluding carboxylic acids is 1. The Balaban J connectivity index is 1.90. The summed E-state index contributed by atoms with van der Waals surface area (Å²) in [6, 6.07) is 13.2. The summed E-state index contributed by atoms with van der Waals surface area (Å²) in [6.45, 7) is 11.8. The van der Waals surface area contributed by atoms with E-state index in [0.717, 1.165) is 35.5 Å². The Labute approximate surface area is 221 Å². The fourth-order valence-electron chi connectivity index (χ4n) is 4.60. The van der Waals surface area contributed by atoms with Crippen LogP contribution in [0.1, 0.15) is 50.4 Å². The van der Waals surface area contributed by atoms with E-state index in [0.29, 0.717) is 26.4 Å². The molecule has 1 aliphatic heterocycles. The fourth-order valence-corrected chi connectivity index (χ4v) is 5.64. The van der Waals surface area contributed by atoms with Crippen LogP contribution in [-0.2, 0) is 9.53 Å². The van der Waals surface area contributed by atoms with Gasteiger partial charge in [0.2, 0.25) is 0 Å². The second kappa shape index (κ2) is 11.2. The van der Waals surface area contributed by atoms with E-state index >= 15 is 0 Å². The number of methoxy groups -OCH3 is 1. The van der Waals surface area contributed by atoms with Crippen LogP contribution in [0.4, 0.5) is 5.69 Å². The van der Waals surface area contributed by atoms with Crippen molar-refractivity contribution in [1.82, 2.24) is 4.57 Å². The average Bonchev–Trinajstić information content (AvgIpc) is 3.19. The Morgan fingerprint density at radius 3 is 2.43 bits per heavy atom. The minimum absolute atomic E-state index is 0.210. The SMILES string of the molecule is CCOC(=O)C1=C(C)N=c2sc(=Cc3ccc(N(CC)CC)cc3OC)c(=O)n2C1c1ccc(C)cc1. The standard InChI is InChI=1S/C29H33N3O4S/c1-7-31(8-2)22-15-14-21(23(17-22)35-6)16-24-27(33)32-26(20-12-10-18(4)11-13-20)25(28(34)36-9-3)19(5)30-29(32)37-24/h10-17,26H,7-9H2,1-6H3. The highest BCUT2D eigenvalue weighted by atomic mass is 32.1. The van der Waals surface area contributed by atoms with E-state index in [1.807, 2.05) is 55.5 Å². The van der Waals surface area contributed by atoms with Crippen molar-refractivity contribution in [3.8, 4) is 5.75 Å². The molecule has 1 unspecified atom stereocenters. The molecule has 194 valence electrons. The highest BCUT2D eigenvalue weighted by Crippen LogP contribution is 2.31. The van der Waals surface area contributed by atoms with E-state index in [2.05, 4.69) is 23.7 Å². The number of anilines is 1. The number of aromatic nitrogens is 1. The Bertz CT molecular complexity index is 1510. The van der Waals surface area contributed by atoms with Gasteiger partial charge in [-0.3, -0.25) is 9.36 Å². The number of hydrogen-bond acceptors (Lipinski definition) is 7. The summed E-state index contributed by atoms with van der Waals surface area (Å²) < 4.78 is 13.2. The maximum atomic E-state index is 13.8. The molecule has 7 nitrogen and oxygen atoms in total. The van der Waals surface area contributed by atoms with Gasteiger partial charge in [0.05, 0.1) is 35.6 Å². The van der Waals surface area contributed by atoms with Crippen LogP contribution in [0.2, 0.25) is 0 Å². The molecule has 0 aliphatic carbocycles. The van der Waals surface area contributed by atoms with Crippen molar-refractivity contribution in [2.24, 2.45) is 4.99 Å². The molecular weight excluding hydrogens is 486 g/mol. The molecule has 1 atom stereocenters. The van der Waals surface area contributed by atoms with Crippen LogP contribution in [0, 0.1) is 6.92 Å². The van der Waals surface area contributed by atoms with Crippen LogP contribution in [0.3, 0.4) is 0 Å². The summed E-state index contributed by atoms with van der Waals surface area (Å²) in [5.41, 5.74) is 4.51. The molecule has 0 radical (unpaired) electrons. The van der Waals surface area contributed by atoms with Crippen molar-refractivity contribution in [2.45, 2.75) is 40.7 Å². The van der Waals surface area contributed by atoms with E-state index in [9.17, 15) is 9.59 Å². The molecule has 0 fully saturated rings. The van der Waals surface area contributed by atoms with E-state index in [1.54, 1.807) is 25.5 Å². The van der Waals surface area contributed by atoms with E-state index in [1.165, 1.54) is 11.3 Å². The van der Waals surface area contributed by atoms with Gasteiger partial charge in [0.15, 0.2) is 4.80 Å². The second-order valence-corrected chi connectivity index (χ2v) is 9.82. The quantitative estimate of drug-likeness (QED) is 0.421. The average molecular weight is 520 g/mol. The maximum absolute atomic E-state index is 13.8. The van der Waals surface area contributed by atoms with Gasteiger partial charge in [0.1, 0.15) is 5.75 Å². The second-order valence-electron chi connectivity index (χ2n) is 8.81. The van der Waals surface area contributed by atoms with Crippen LogP contribution in [0.25, 0.3) is 6.08 Å². The highest BCUT2D eigenvalue weighted by molar-refractivity contribution is 7.07. The Hall–Kier alpha value is -3.65. The molecule has 0 bridgehead atoms. The molecule has 4 rings (SSSR count). The van der Waals surface area contributed by atoms with Crippen LogP contribution < -0.4 is 24.5 Å². The van der Waals surface area contributed by atoms with Gasteiger partial charge in [0.25, 0.3) is 5.56 Å². The Kier molecular flexibility index (Phi) is 7.97. The molecule has 1 aliphatic rings. The van der Waals surface area contributed by atoms with Gasteiger partial charge >= 0.3 is 5.97 Å². The van der Waals surface area contributed by atoms with Crippen molar-refractivity contribution in [1.29, 1.82) is 0 Å². The first-order valence-corrected chi connectivity index (χ1v) is 13.3. The summed E-state index contributed by atoms with van der Waals surface area (Å²) in [4.78, 5) is 34.3. The third-order valence-electron chi connectivity index (χ3n) is 6.54. The summed E-state index contributed by atoms with van der Waals surface area (Å²) >= 11 is 1.30. The van der Waals surface area contributed by atoms with Crippen molar-refractivity contribution in [3.63, 3.8) is 0 Å². The van der Waals surface area contributed by atoms with Gasteiger partial charge in [-0.15, -0.1) is 0 Å². The van der Waals surface area contributed by atoms with Crippen molar-refractivity contribution < 1.29 is 14.3 Å². The lowest BCUT2D eigenvalue weighted by Gasteiger charge is -2.24. The first kappa shape index (κ1) is 26.4. The largest absolute Gasteiger partial charge is 0.496 e. The molecule has 37 heavy (non-hydrogen) atoms. The molecule has 1 aromatic heterocycles. The van der Waals surface area contributed by atoms with Crippen LogP contribution in [-0.4, -0.2) is 37.3 Å². The molecule has 0 spiro atoms. The third kappa shape index (κ3) is 5.11. The fraction of sp³-hybridized carbons (Fsp3) is 0.345. The van der Waals surface area contributed by atoms with Crippen LogP contribution >= 0.6 is 11.3 Å². The number of ether oxygens (including phenoxy) is 2. The lowest BCUT2D eigenvalue weighted by molar-refractivity contribution is -0.139. The summed E-state index contributed by atoms with van der Waals surface area (Å²) in [7, 11) is 1.63. The van der Waals surface area contributed by atoms with Crippen LogP contribution in [0.5, 0.6) is 5.75 Å². The molecule has 0 N–H and O–H groups in total. The van der Waals surface area contributed by atoms with Crippen LogP contribution in [0.15, 0.2) is 63.5 Å². The van der Waals surface area contributed by atoms with Gasteiger partial charge in [-0.25, -0.2) is 9.79 Å². The minimum atomic E-state index is -0.620. The molecule has 2 aromatic carbocycles. The highest BCUT2D eigenvalue weighted by Gasteiger charge is 2.33. The van der Waals surface area contributed by atoms with Crippen molar-refractivity contribution >= 4 is 29.1 Å². The number of fused-ring (bicyclic) bond motifs is 1. The van der Waals surface area contributed by atoms with Crippen molar-refractivity contribution in [3.05, 3.63) is 90.1 Å². The monoisotopic (exact) mass is 519 g/mol. The number of thiazole rings is 1. The lowest BCUT2D eigenvalue weighted by Crippen LogP contribution is -2.39. The first-order valence-electron chi connectivity index (χ1n) is 12.5. The number of aryl methyl sites for hydroxylation is 1. The zero-order chi connectivity index (χ0) is 26.7. The minimum Gasteiger partial charge on any atom is -0.496 e. The van der Waals surface area contributed by atoms with E-state index < -0.39 is 12.0 Å². The zero-order valence-corrected chi connectivity index (χ0v) is 23.0. The zero-order valence-electron chi connectivity index (χ0n) is 22.2. The molecule has 0 amide bonds. The molecule has 3 aromatic rings. The van der Waals surface area contributed by atoms with Gasteiger partial charge < -0.3 is 14.4 Å². The number of benzene rings is 2. The summed E-state index contributed by atoms with van der Waals surface area (Å²) in [5, 5.41) is 0. The van der Waals surface area contributed by atoms with Gasteiger partial charge in [-0.2, -0.15) is 0 Å². The van der Waals surface area contributed by atoms with Crippen molar-refractivity contribution in [2.75, 3.05) is 31.7 Å². The predicted octanol–water partition coefficient (Wildman–Crippen LogP) is 3.96. The third-order valence-corrected chi connectivity index (χ3v) is 7.53. The van der Waals surface area contributed by atoms with Gasteiger partial charge in [-0.1, -0.05) is 41.2 Å². The number of esters is 1. The number of carbonyl (C=O) groups is 1. The summed E-state index contributed by atoms with van der Waals surface area (Å²) in [5.74, 6) is 0.228. The number of hydrogen-bond donors (Lipinski definition) is 0. The topological polar surface area (TPSA) is 73.1 Å². The maximum Gasteiger partial charge on any atom is 0.338 e. The number of rotatable bonds is 8. The molecular formula is C29H33N3O4S. The molecule has 0 saturated heterocycles. The van der Waals surface area contributed by atoms with Gasteiger partial charge in [-0.05, 0) is 58.4 Å². The van der Waals surface area contributed by atoms with E-state index in [-0.39, 0.29) is 12.2 Å². The number of nitrogens with zero attached hydrogens (tertiary/aromatic N) is 3. The predicted molar refractivity (Wildman–Crippen MR) is 148 cm³/mol. The number of allylic oxidation sites excluding steroid dienone is 1. The Morgan fingerprint density at radius 2 is 1.81 bits per heavy atom. The van der Waals surface area contributed by atoms with Gasteiger partial charge in [0, 0.05) is 30.4 Å². The summed E-state index contributed by atoms with van der Waals surface area (Å²) in [6.07, 6.45) is 1.84. The Morgan fingerprint density at radius 1 is 1.11 bits per heavy atom. The first-order chi connectivity index (χ1) is 17.8.